The number of amides is 2. The summed E-state index contributed by atoms with van der Waals surface area (Å²) < 4.78 is -0.110. The molecule has 62 heavy (non-hydrogen) atoms. The van der Waals surface area contributed by atoms with Gasteiger partial charge in [-0.2, -0.15) is 0 Å². The van der Waals surface area contributed by atoms with Crippen molar-refractivity contribution in [2.24, 2.45) is 17.2 Å². The van der Waals surface area contributed by atoms with Crippen LogP contribution in [0.3, 0.4) is 0 Å². The molecule has 368 valence electrons. The summed E-state index contributed by atoms with van der Waals surface area (Å²) in [6.45, 7) is 8.87. The van der Waals surface area contributed by atoms with E-state index in [0.29, 0.717) is 39.1 Å². The smallest absolute Gasteiger partial charge is 0.363 e. The Morgan fingerprint density at radius 1 is 0.468 bits per heavy atom. The van der Waals surface area contributed by atoms with Crippen LogP contribution in [0.2, 0.25) is 0 Å². The van der Waals surface area contributed by atoms with E-state index in [1.807, 2.05) is 0 Å². The minimum absolute atomic E-state index is 0.0391. The Labute approximate surface area is 384 Å². The van der Waals surface area contributed by atoms with Gasteiger partial charge >= 0.3 is 11.9 Å². The van der Waals surface area contributed by atoms with Crippen molar-refractivity contribution < 1.29 is 24.0 Å². The van der Waals surface area contributed by atoms with Crippen LogP contribution in [-0.2, 0) is 14.4 Å². The third-order valence-corrected chi connectivity index (χ3v) is 13.3. The minimum Gasteiger partial charge on any atom is -0.477 e. The summed E-state index contributed by atoms with van der Waals surface area (Å²) >= 11 is 0. The fourth-order valence-corrected chi connectivity index (χ4v) is 9.33. The van der Waals surface area contributed by atoms with E-state index in [4.69, 9.17) is 17.2 Å². The Bertz CT molecular complexity index is 964. The fraction of sp³-hybridized carbons (Fsp3) is 0.942. The van der Waals surface area contributed by atoms with E-state index >= 15 is 4.79 Å². The molecule has 0 radical (unpaired) electrons. The molecule has 0 aliphatic carbocycles. The number of primary amides is 1. The van der Waals surface area contributed by atoms with Crippen LogP contribution in [0, 0.1) is 0 Å². The van der Waals surface area contributed by atoms with Gasteiger partial charge in [0.05, 0.1) is 13.1 Å². The van der Waals surface area contributed by atoms with Gasteiger partial charge in [-0.25, -0.2) is 14.1 Å². The van der Waals surface area contributed by atoms with Gasteiger partial charge in [-0.15, -0.1) is 0 Å². The quantitative estimate of drug-likeness (QED) is 0.0259. The van der Waals surface area contributed by atoms with Gasteiger partial charge in [-0.05, 0) is 84.1 Å². The van der Waals surface area contributed by atoms with Crippen LogP contribution in [-0.4, -0.2) is 85.3 Å². The molecular weight excluding hydrogens is 773 g/mol. The predicted molar refractivity (Wildman–Crippen MR) is 265 cm³/mol. The third kappa shape index (κ3) is 34.8. The molecule has 0 unspecified atom stereocenters. The number of unbranched alkanes of at least 4 members (excludes halogenated alkanes) is 30. The molecule has 0 fully saturated rings. The first-order chi connectivity index (χ1) is 30.3. The van der Waals surface area contributed by atoms with Crippen LogP contribution >= 0.6 is 0 Å². The van der Waals surface area contributed by atoms with Crippen molar-refractivity contribution >= 4 is 17.8 Å². The Balaban J connectivity index is 5.56. The second-order valence-electron chi connectivity index (χ2n) is 19.0. The van der Waals surface area contributed by atoms with Crippen LogP contribution in [0.15, 0.2) is 0 Å². The van der Waals surface area contributed by atoms with E-state index in [1.54, 1.807) is 0 Å². The summed E-state index contributed by atoms with van der Waals surface area (Å²) in [5, 5.41) is 17.8. The van der Waals surface area contributed by atoms with Crippen molar-refractivity contribution in [3.05, 3.63) is 0 Å². The first-order valence-corrected chi connectivity index (χ1v) is 27.1. The lowest BCUT2D eigenvalue weighted by Gasteiger charge is -2.43. The first-order valence-electron chi connectivity index (χ1n) is 27.1. The highest BCUT2D eigenvalue weighted by atomic mass is 16.4. The number of rotatable bonds is 51. The molecule has 0 saturated carbocycles. The van der Waals surface area contributed by atoms with E-state index in [9.17, 15) is 14.7 Å². The third-order valence-electron chi connectivity index (χ3n) is 13.3. The average molecular weight is 880 g/mol. The highest BCUT2D eigenvalue weighted by Crippen LogP contribution is 2.27. The highest BCUT2D eigenvalue weighted by molar-refractivity contribution is 5.81. The maximum atomic E-state index is 15.2. The zero-order chi connectivity index (χ0) is 45.6. The summed E-state index contributed by atoms with van der Waals surface area (Å²) in [7, 11) is 0. The summed E-state index contributed by atoms with van der Waals surface area (Å²) in [5.74, 6) is -1.56. The normalized spacial score (nSPS) is 12.8. The molecule has 0 aromatic rings. The van der Waals surface area contributed by atoms with Crippen molar-refractivity contribution in [1.82, 2.24) is 10.6 Å². The van der Waals surface area contributed by atoms with Crippen molar-refractivity contribution in [3.8, 4) is 0 Å². The largest absolute Gasteiger partial charge is 0.477 e. The van der Waals surface area contributed by atoms with Crippen LogP contribution in [0.5, 0.6) is 0 Å². The maximum Gasteiger partial charge on any atom is 0.363 e. The van der Waals surface area contributed by atoms with Gasteiger partial charge in [0, 0.05) is 12.8 Å². The molecule has 2 atom stereocenters. The molecule has 0 heterocycles. The van der Waals surface area contributed by atoms with Gasteiger partial charge in [-0.1, -0.05) is 194 Å². The number of carboxylic acid groups (broad SMARTS) is 1. The molecule has 0 aliphatic heterocycles. The average Bonchev–Trinajstić information content (AvgIpc) is 3.25. The molecule has 10 heteroatoms. The summed E-state index contributed by atoms with van der Waals surface area (Å²) in [6.07, 6.45) is 43.4. The number of quaternary nitrogens is 1. The lowest BCUT2D eigenvalue weighted by molar-refractivity contribution is -0.873. The zero-order valence-electron chi connectivity index (χ0n) is 41.3. The van der Waals surface area contributed by atoms with Crippen LogP contribution in [0.1, 0.15) is 258 Å². The molecule has 2 amide bonds. The van der Waals surface area contributed by atoms with Gasteiger partial charge in [0.25, 0.3) is 0 Å². The Kier molecular flexibility index (Phi) is 44.8. The lowest BCUT2D eigenvalue weighted by atomic mass is 9.97. The van der Waals surface area contributed by atoms with Gasteiger partial charge in [0.15, 0.2) is 6.04 Å². The molecule has 0 bridgehead atoms. The van der Waals surface area contributed by atoms with Gasteiger partial charge in [-0.3, -0.25) is 4.79 Å². The standard InChI is InChI=1S/C52H106N6O4/c1-3-5-7-9-11-13-15-17-19-21-23-25-27-29-31-33-46-58(49(52(61)62)39-40-50(55)59,51(60)48(57-45-37-42-54)38-35-43-56-44-36-41-53)47-34-32-30-28-26-24-22-20-18-16-14-12-10-8-6-4-2/h48-49,56-57H,3-47,53-54H2,1-2H3,(H2-,55,59,61,62)/p+1/t48-,49-/m0/s1. The summed E-state index contributed by atoms with van der Waals surface area (Å²) in [4.78, 5) is 40.5. The second-order valence-corrected chi connectivity index (χ2v) is 19.0. The number of nitrogens with zero attached hydrogens (tertiary/aromatic N) is 1. The number of nitrogens with two attached hydrogens (primary N) is 3. The Morgan fingerprint density at radius 3 is 1.15 bits per heavy atom. The zero-order valence-corrected chi connectivity index (χ0v) is 41.3. The number of carboxylic acids is 1. The molecule has 10 nitrogen and oxygen atoms in total. The number of carbonyl (C=O) groups is 3. The Hall–Kier alpha value is -1.59. The first kappa shape index (κ1) is 60.4. The molecule has 0 saturated heterocycles. The number of hydrogen-bond donors (Lipinski definition) is 6. The van der Waals surface area contributed by atoms with E-state index < -0.39 is 24.0 Å². The van der Waals surface area contributed by atoms with Crippen molar-refractivity contribution in [1.29, 1.82) is 0 Å². The fourth-order valence-electron chi connectivity index (χ4n) is 9.33. The number of nitrogens with one attached hydrogen (secondary N) is 2. The van der Waals surface area contributed by atoms with E-state index in [0.717, 1.165) is 70.9 Å². The number of aliphatic carboxylic acids is 1. The molecule has 0 rings (SSSR count). The topological polar surface area (TPSA) is 174 Å². The van der Waals surface area contributed by atoms with Gasteiger partial charge in [0.1, 0.15) is 6.04 Å². The minimum atomic E-state index is -1.01. The number of carbonyl (C=O) groups excluding carboxylic acids is 2. The highest BCUT2D eigenvalue weighted by Gasteiger charge is 2.49. The molecule has 0 spiro atoms. The van der Waals surface area contributed by atoms with Crippen molar-refractivity contribution in [2.75, 3.05) is 45.8 Å². The lowest BCUT2D eigenvalue weighted by Crippen LogP contribution is -2.67. The molecule has 0 aromatic heterocycles. The van der Waals surface area contributed by atoms with Gasteiger partial charge in [0.2, 0.25) is 5.91 Å². The maximum absolute atomic E-state index is 15.2. The molecule has 0 aromatic carbocycles. The predicted octanol–water partition coefficient (Wildman–Crippen LogP) is 11.6. The summed E-state index contributed by atoms with van der Waals surface area (Å²) in [6, 6.07) is -1.50. The summed E-state index contributed by atoms with van der Waals surface area (Å²) in [5.41, 5.74) is 17.2. The van der Waals surface area contributed by atoms with Crippen LogP contribution in [0.25, 0.3) is 0 Å². The van der Waals surface area contributed by atoms with E-state index in [1.165, 1.54) is 167 Å². The molecule has 0 aliphatic rings. The second kappa shape index (κ2) is 46.0. The van der Waals surface area contributed by atoms with E-state index in [-0.39, 0.29) is 23.2 Å². The molecule has 9 N–H and O–H groups in total. The monoisotopic (exact) mass is 880 g/mol. The van der Waals surface area contributed by atoms with Crippen molar-refractivity contribution in [3.63, 3.8) is 0 Å². The molecular formula is C52H107N6O4+. The van der Waals surface area contributed by atoms with Crippen LogP contribution < -0.4 is 27.8 Å². The Morgan fingerprint density at radius 2 is 0.806 bits per heavy atom. The van der Waals surface area contributed by atoms with E-state index in [2.05, 4.69) is 24.5 Å². The number of hydrogen-bond acceptors (Lipinski definition) is 7. The van der Waals surface area contributed by atoms with Crippen LogP contribution in [0.4, 0.5) is 0 Å². The van der Waals surface area contributed by atoms with Crippen molar-refractivity contribution in [2.45, 2.75) is 270 Å². The van der Waals surface area contributed by atoms with Gasteiger partial charge < -0.3 is 32.9 Å². The SMILES string of the molecule is CCCCCCCCCCCCCCCCCC[N+](CCCCCCCCCCCCCCCCCC)(C(=O)[C@H](CCCNCCCN)NCCCN)[C@@H](CCC(N)=O)C(=O)O.